The maximum atomic E-state index is 12.5. The van der Waals surface area contributed by atoms with Crippen LogP contribution in [0.25, 0.3) is 0 Å². The lowest BCUT2D eigenvalue weighted by Crippen LogP contribution is -2.48. The van der Waals surface area contributed by atoms with Crippen LogP contribution in [-0.4, -0.2) is 82.3 Å². The highest BCUT2D eigenvalue weighted by atomic mass is 32.2. The summed E-state index contributed by atoms with van der Waals surface area (Å²) in [4.78, 5) is 2.00. The Bertz CT molecular complexity index is 378. The first-order chi connectivity index (χ1) is 9.87. The van der Waals surface area contributed by atoms with E-state index >= 15 is 0 Å². The summed E-state index contributed by atoms with van der Waals surface area (Å²) in [5, 5.41) is 3.43. The van der Waals surface area contributed by atoms with Crippen LogP contribution in [0, 0.1) is 5.92 Å². The van der Waals surface area contributed by atoms with Crippen molar-refractivity contribution >= 4 is 10.2 Å². The molecule has 0 aromatic rings. The highest BCUT2D eigenvalue weighted by Gasteiger charge is 2.30. The second kappa shape index (κ2) is 9.05. The first kappa shape index (κ1) is 18.8. The summed E-state index contributed by atoms with van der Waals surface area (Å²) < 4.78 is 28.1. The van der Waals surface area contributed by atoms with Crippen LogP contribution >= 0.6 is 0 Å². The van der Waals surface area contributed by atoms with Gasteiger partial charge >= 0.3 is 0 Å². The van der Waals surface area contributed by atoms with E-state index < -0.39 is 10.2 Å². The SMILES string of the molecule is CCCNCC1CCN(S(=O)(=O)N(C)CCN(C)C)CC1. The zero-order valence-electron chi connectivity index (χ0n) is 14.0. The van der Waals surface area contributed by atoms with E-state index in [1.807, 2.05) is 19.0 Å². The lowest BCUT2D eigenvalue weighted by Gasteiger charge is -2.34. The normalized spacial score (nSPS) is 18.8. The standard InChI is InChI=1S/C14H32N4O2S/c1-5-8-15-13-14-6-9-18(10-7-14)21(19,20)17(4)12-11-16(2)3/h14-15H,5-13H2,1-4H3. The van der Waals surface area contributed by atoms with Gasteiger partial charge in [-0.05, 0) is 52.4 Å². The summed E-state index contributed by atoms with van der Waals surface area (Å²) in [6.07, 6.45) is 3.05. The molecule has 21 heavy (non-hydrogen) atoms. The molecule has 1 saturated heterocycles. The van der Waals surface area contributed by atoms with E-state index in [-0.39, 0.29) is 0 Å². The Morgan fingerprint density at radius 3 is 2.29 bits per heavy atom. The van der Waals surface area contributed by atoms with Gasteiger partial charge in [0.15, 0.2) is 0 Å². The molecule has 1 fully saturated rings. The molecule has 1 N–H and O–H groups in total. The Morgan fingerprint density at radius 1 is 1.14 bits per heavy atom. The minimum atomic E-state index is -3.29. The molecule has 0 bridgehead atoms. The quantitative estimate of drug-likeness (QED) is 0.626. The number of hydrogen-bond donors (Lipinski definition) is 1. The van der Waals surface area contributed by atoms with Crippen LogP contribution in [0.1, 0.15) is 26.2 Å². The van der Waals surface area contributed by atoms with Crippen molar-refractivity contribution in [2.75, 3.05) is 60.4 Å². The Morgan fingerprint density at radius 2 is 1.76 bits per heavy atom. The van der Waals surface area contributed by atoms with Gasteiger partial charge in [0, 0.05) is 33.2 Å². The molecule has 0 aliphatic carbocycles. The molecule has 0 aromatic heterocycles. The van der Waals surface area contributed by atoms with Crippen LogP contribution in [0.15, 0.2) is 0 Å². The first-order valence-electron chi connectivity index (χ1n) is 7.94. The maximum absolute atomic E-state index is 12.5. The predicted molar refractivity (Wildman–Crippen MR) is 87.6 cm³/mol. The van der Waals surface area contributed by atoms with Crippen LogP contribution in [0.3, 0.4) is 0 Å². The van der Waals surface area contributed by atoms with Gasteiger partial charge < -0.3 is 10.2 Å². The average Bonchev–Trinajstić information content (AvgIpc) is 2.45. The molecule has 0 saturated carbocycles. The molecule has 0 aromatic carbocycles. The molecule has 1 aliphatic rings. The van der Waals surface area contributed by atoms with Crippen molar-refractivity contribution < 1.29 is 8.42 Å². The smallest absolute Gasteiger partial charge is 0.281 e. The first-order valence-corrected chi connectivity index (χ1v) is 9.34. The summed E-state index contributed by atoms with van der Waals surface area (Å²) in [6.45, 7) is 6.79. The van der Waals surface area contributed by atoms with Crippen molar-refractivity contribution in [1.29, 1.82) is 0 Å². The minimum absolute atomic E-state index is 0.535. The van der Waals surface area contributed by atoms with E-state index in [1.165, 1.54) is 4.31 Å². The van der Waals surface area contributed by atoms with E-state index in [1.54, 1.807) is 11.4 Å². The van der Waals surface area contributed by atoms with Crippen molar-refractivity contribution in [2.24, 2.45) is 5.92 Å². The summed E-state index contributed by atoms with van der Waals surface area (Å²) >= 11 is 0. The molecule has 0 atom stereocenters. The van der Waals surface area contributed by atoms with Crippen molar-refractivity contribution in [2.45, 2.75) is 26.2 Å². The van der Waals surface area contributed by atoms with Gasteiger partial charge in [0.2, 0.25) is 0 Å². The number of piperidine rings is 1. The minimum Gasteiger partial charge on any atom is -0.316 e. The van der Waals surface area contributed by atoms with Gasteiger partial charge in [-0.3, -0.25) is 0 Å². The van der Waals surface area contributed by atoms with Crippen LogP contribution < -0.4 is 5.32 Å². The van der Waals surface area contributed by atoms with Crippen molar-refractivity contribution in [3.63, 3.8) is 0 Å². The van der Waals surface area contributed by atoms with Crippen LogP contribution in [0.5, 0.6) is 0 Å². The second-order valence-electron chi connectivity index (χ2n) is 6.18. The van der Waals surface area contributed by atoms with E-state index in [4.69, 9.17) is 0 Å². The fourth-order valence-corrected chi connectivity index (χ4v) is 3.86. The summed E-state index contributed by atoms with van der Waals surface area (Å²) in [5.41, 5.74) is 0. The topological polar surface area (TPSA) is 55.9 Å². The van der Waals surface area contributed by atoms with E-state index in [2.05, 4.69) is 12.2 Å². The zero-order chi connectivity index (χ0) is 15.9. The monoisotopic (exact) mass is 320 g/mol. The lowest BCUT2D eigenvalue weighted by atomic mass is 9.98. The van der Waals surface area contributed by atoms with Gasteiger partial charge in [0.25, 0.3) is 10.2 Å². The van der Waals surface area contributed by atoms with Crippen molar-refractivity contribution in [1.82, 2.24) is 18.8 Å². The summed E-state index contributed by atoms with van der Waals surface area (Å²) in [5.74, 6) is 0.607. The number of nitrogens with one attached hydrogen (secondary N) is 1. The van der Waals surface area contributed by atoms with Crippen molar-refractivity contribution in [3.05, 3.63) is 0 Å². The van der Waals surface area contributed by atoms with Crippen LogP contribution in [0.4, 0.5) is 0 Å². The zero-order valence-corrected chi connectivity index (χ0v) is 14.8. The predicted octanol–water partition coefficient (Wildman–Crippen LogP) is 0.436. The van der Waals surface area contributed by atoms with Gasteiger partial charge in [0.05, 0.1) is 0 Å². The third-order valence-corrected chi connectivity index (χ3v) is 6.00. The molecular weight excluding hydrogens is 288 g/mol. The molecule has 0 amide bonds. The number of rotatable bonds is 9. The Kier molecular flexibility index (Phi) is 8.12. The number of hydrogen-bond acceptors (Lipinski definition) is 4. The highest BCUT2D eigenvalue weighted by molar-refractivity contribution is 7.86. The maximum Gasteiger partial charge on any atom is 0.281 e. The third-order valence-electron chi connectivity index (χ3n) is 4.02. The van der Waals surface area contributed by atoms with Gasteiger partial charge in [-0.25, -0.2) is 0 Å². The molecule has 0 unspecified atom stereocenters. The summed E-state index contributed by atoms with van der Waals surface area (Å²) in [7, 11) is 2.29. The molecule has 1 heterocycles. The molecule has 126 valence electrons. The largest absolute Gasteiger partial charge is 0.316 e. The number of likely N-dealkylation sites (N-methyl/N-ethyl adjacent to an activating group) is 2. The fraction of sp³-hybridized carbons (Fsp3) is 1.00. The Labute approximate surface area is 130 Å². The van der Waals surface area contributed by atoms with Crippen molar-refractivity contribution in [3.8, 4) is 0 Å². The molecule has 7 heteroatoms. The highest BCUT2D eigenvalue weighted by Crippen LogP contribution is 2.20. The molecule has 1 aliphatic heterocycles. The second-order valence-corrected chi connectivity index (χ2v) is 8.21. The molecule has 0 spiro atoms. The van der Waals surface area contributed by atoms with E-state index in [0.29, 0.717) is 25.6 Å². The fourth-order valence-electron chi connectivity index (χ4n) is 2.48. The Balaban J connectivity index is 2.41. The molecular formula is C14H32N4O2S. The van der Waals surface area contributed by atoms with E-state index in [0.717, 1.165) is 38.9 Å². The van der Waals surface area contributed by atoms with Gasteiger partial charge in [-0.15, -0.1) is 0 Å². The Hall–Kier alpha value is -0.210. The molecule has 1 rings (SSSR count). The lowest BCUT2D eigenvalue weighted by molar-refractivity contribution is 0.250. The number of nitrogens with zero attached hydrogens (tertiary/aromatic N) is 3. The van der Waals surface area contributed by atoms with Crippen LogP contribution in [-0.2, 0) is 10.2 Å². The molecule has 6 nitrogen and oxygen atoms in total. The van der Waals surface area contributed by atoms with Crippen LogP contribution in [0.2, 0.25) is 0 Å². The summed E-state index contributed by atoms with van der Waals surface area (Å²) in [6, 6.07) is 0. The van der Waals surface area contributed by atoms with E-state index in [9.17, 15) is 8.42 Å². The molecule has 0 radical (unpaired) electrons. The average molecular weight is 321 g/mol. The van der Waals surface area contributed by atoms with Gasteiger partial charge in [-0.1, -0.05) is 6.92 Å². The van der Waals surface area contributed by atoms with Gasteiger partial charge in [-0.2, -0.15) is 17.0 Å². The van der Waals surface area contributed by atoms with Gasteiger partial charge in [0.1, 0.15) is 0 Å². The third kappa shape index (κ3) is 6.20.